The van der Waals surface area contributed by atoms with Crippen LogP contribution in [0.1, 0.15) is 42.0 Å². The van der Waals surface area contributed by atoms with Crippen molar-refractivity contribution in [2.24, 2.45) is 0 Å². The molecule has 0 bridgehead atoms. The Balaban J connectivity index is 1.91. The highest BCUT2D eigenvalue weighted by atomic mass is 16.5. The molecule has 0 radical (unpaired) electrons. The Bertz CT molecular complexity index is 638. The van der Waals surface area contributed by atoms with E-state index in [-0.39, 0.29) is 11.8 Å². The van der Waals surface area contributed by atoms with Crippen molar-refractivity contribution in [3.8, 4) is 0 Å². The number of amides is 1. The number of carbonyl (C=O) groups excluding carboxylic acids is 1. The maximum atomic E-state index is 11.8. The summed E-state index contributed by atoms with van der Waals surface area (Å²) in [6, 6.07) is 0. The lowest BCUT2D eigenvalue weighted by Crippen LogP contribution is -2.23. The van der Waals surface area contributed by atoms with Crippen LogP contribution in [0.15, 0.2) is 16.9 Å². The predicted octanol–water partition coefficient (Wildman–Crippen LogP) is 1.34. The van der Waals surface area contributed by atoms with Gasteiger partial charge in [-0.05, 0) is 0 Å². The van der Waals surface area contributed by atoms with Crippen molar-refractivity contribution in [2.75, 3.05) is 26.0 Å². The van der Waals surface area contributed by atoms with E-state index >= 15 is 0 Å². The van der Waals surface area contributed by atoms with Gasteiger partial charge in [-0.1, -0.05) is 19.0 Å². The fourth-order valence-corrected chi connectivity index (χ4v) is 1.69. The smallest absolute Gasteiger partial charge is 0.273 e. The molecule has 1 N–H and O–H groups in total. The minimum Gasteiger partial charge on any atom is -0.368 e. The highest BCUT2D eigenvalue weighted by Gasteiger charge is 2.11. The quantitative estimate of drug-likeness (QED) is 0.860. The lowest BCUT2D eigenvalue weighted by atomic mass is 10.2. The Morgan fingerprint density at radius 2 is 2.09 bits per heavy atom. The normalized spacial score (nSPS) is 10.8. The summed E-state index contributed by atoms with van der Waals surface area (Å²) in [5, 5.41) is 7.01. The first-order valence-corrected chi connectivity index (χ1v) is 7.07. The Labute approximate surface area is 129 Å². The molecule has 2 aromatic rings. The van der Waals surface area contributed by atoms with Crippen molar-refractivity contribution in [3.63, 3.8) is 0 Å². The molecule has 1 amide bonds. The summed E-state index contributed by atoms with van der Waals surface area (Å²) in [6.45, 7) is 4.57. The molecule has 0 aliphatic rings. The molecule has 0 aliphatic heterocycles. The van der Waals surface area contributed by atoms with Gasteiger partial charge in [0.25, 0.3) is 5.91 Å². The Morgan fingerprint density at radius 1 is 1.32 bits per heavy atom. The van der Waals surface area contributed by atoms with E-state index < -0.39 is 0 Å². The van der Waals surface area contributed by atoms with Crippen molar-refractivity contribution in [1.29, 1.82) is 0 Å². The van der Waals surface area contributed by atoms with Crippen LogP contribution in [-0.2, 0) is 6.42 Å². The third-order valence-corrected chi connectivity index (χ3v) is 2.89. The average Bonchev–Trinajstić information content (AvgIpc) is 2.96. The second-order valence-electron chi connectivity index (χ2n) is 5.37. The first-order valence-electron chi connectivity index (χ1n) is 7.07. The number of nitrogens with one attached hydrogen (secondary N) is 1. The number of aromatic nitrogens is 4. The first kappa shape index (κ1) is 15.9. The van der Waals surface area contributed by atoms with Crippen LogP contribution < -0.4 is 5.32 Å². The topological polar surface area (TPSA) is 97.0 Å². The molecule has 0 spiro atoms. The van der Waals surface area contributed by atoms with Gasteiger partial charge >= 0.3 is 0 Å². The van der Waals surface area contributed by atoms with Gasteiger partial charge in [0.05, 0.1) is 12.4 Å². The molecular weight excluding hydrogens is 284 g/mol. The summed E-state index contributed by atoms with van der Waals surface area (Å²) in [5.74, 6) is 1.85. The van der Waals surface area contributed by atoms with Crippen molar-refractivity contribution in [3.05, 3.63) is 29.8 Å². The standard InChI is InChI=1S/C14H20N6O2/c1-9(2)13-18-11(19-22-13)5-6-16-12-8-15-7-10(17-12)14(21)20(3)4/h7-9H,5-6H2,1-4H3,(H,16,17). The SMILES string of the molecule is CC(C)c1nc(CCNc2cncc(C(=O)N(C)C)n2)no1. The molecule has 0 saturated carbocycles. The lowest BCUT2D eigenvalue weighted by molar-refractivity contribution is 0.0821. The van der Waals surface area contributed by atoms with Gasteiger partial charge in [-0.2, -0.15) is 4.98 Å². The summed E-state index contributed by atoms with van der Waals surface area (Å²) in [7, 11) is 3.35. The van der Waals surface area contributed by atoms with Gasteiger partial charge in [-0.15, -0.1) is 0 Å². The van der Waals surface area contributed by atoms with Crippen LogP contribution in [0.4, 0.5) is 5.82 Å². The van der Waals surface area contributed by atoms with Gasteiger partial charge in [-0.3, -0.25) is 9.78 Å². The molecule has 0 saturated heterocycles. The molecular formula is C14H20N6O2. The zero-order valence-electron chi connectivity index (χ0n) is 13.2. The van der Waals surface area contributed by atoms with E-state index in [1.54, 1.807) is 20.3 Å². The number of anilines is 1. The van der Waals surface area contributed by atoms with Crippen molar-refractivity contribution >= 4 is 11.7 Å². The van der Waals surface area contributed by atoms with Gasteiger partial charge in [-0.25, -0.2) is 4.98 Å². The molecule has 2 aromatic heterocycles. The molecule has 0 unspecified atom stereocenters. The Hall–Kier alpha value is -2.51. The molecule has 8 nitrogen and oxygen atoms in total. The number of hydrogen-bond acceptors (Lipinski definition) is 7. The summed E-state index contributed by atoms with van der Waals surface area (Å²) < 4.78 is 5.14. The van der Waals surface area contributed by atoms with Crippen LogP contribution >= 0.6 is 0 Å². The van der Waals surface area contributed by atoms with Crippen molar-refractivity contribution in [1.82, 2.24) is 25.0 Å². The Morgan fingerprint density at radius 3 is 2.73 bits per heavy atom. The molecule has 8 heteroatoms. The van der Waals surface area contributed by atoms with E-state index in [1.807, 2.05) is 13.8 Å². The van der Waals surface area contributed by atoms with Gasteiger partial charge in [0, 0.05) is 33.0 Å². The van der Waals surface area contributed by atoms with Crippen molar-refractivity contribution < 1.29 is 9.32 Å². The summed E-state index contributed by atoms with van der Waals surface area (Å²) in [5.41, 5.74) is 0.302. The largest absolute Gasteiger partial charge is 0.368 e. The van der Waals surface area contributed by atoms with Crippen LogP contribution in [0, 0.1) is 0 Å². The minimum absolute atomic E-state index is 0.184. The van der Waals surface area contributed by atoms with Crippen LogP contribution in [0.2, 0.25) is 0 Å². The third-order valence-electron chi connectivity index (χ3n) is 2.89. The minimum atomic E-state index is -0.184. The average molecular weight is 304 g/mol. The predicted molar refractivity (Wildman–Crippen MR) is 80.6 cm³/mol. The third kappa shape index (κ3) is 4.00. The number of rotatable bonds is 6. The van der Waals surface area contributed by atoms with Gasteiger partial charge in [0.15, 0.2) is 5.82 Å². The highest BCUT2D eigenvalue weighted by molar-refractivity contribution is 5.91. The van der Waals surface area contributed by atoms with E-state index in [4.69, 9.17) is 4.52 Å². The maximum absolute atomic E-state index is 11.8. The van der Waals surface area contributed by atoms with Gasteiger partial charge in [0.2, 0.25) is 5.89 Å². The number of nitrogens with zero attached hydrogens (tertiary/aromatic N) is 5. The molecule has 2 rings (SSSR count). The van der Waals surface area contributed by atoms with Crippen molar-refractivity contribution in [2.45, 2.75) is 26.2 Å². The van der Waals surface area contributed by atoms with Crippen LogP contribution in [-0.4, -0.2) is 51.6 Å². The van der Waals surface area contributed by atoms with Gasteiger partial charge in [0.1, 0.15) is 11.5 Å². The van der Waals surface area contributed by atoms with E-state index in [9.17, 15) is 4.79 Å². The summed E-state index contributed by atoms with van der Waals surface area (Å²) in [4.78, 5) is 25.8. The van der Waals surface area contributed by atoms with E-state index in [0.29, 0.717) is 36.2 Å². The lowest BCUT2D eigenvalue weighted by Gasteiger charge is -2.10. The number of hydrogen-bond donors (Lipinski definition) is 1. The Kier molecular flexibility index (Phi) is 5.03. The second kappa shape index (κ2) is 6.97. The molecule has 118 valence electrons. The van der Waals surface area contributed by atoms with E-state index in [0.717, 1.165) is 0 Å². The van der Waals surface area contributed by atoms with Crippen LogP contribution in [0.25, 0.3) is 0 Å². The van der Waals surface area contributed by atoms with E-state index in [1.165, 1.54) is 11.1 Å². The summed E-state index contributed by atoms with van der Waals surface area (Å²) >= 11 is 0. The van der Waals surface area contributed by atoms with Crippen LogP contribution in [0.3, 0.4) is 0 Å². The molecule has 0 aliphatic carbocycles. The molecule has 2 heterocycles. The van der Waals surface area contributed by atoms with E-state index in [2.05, 4.69) is 25.4 Å². The maximum Gasteiger partial charge on any atom is 0.273 e. The second-order valence-corrected chi connectivity index (χ2v) is 5.37. The highest BCUT2D eigenvalue weighted by Crippen LogP contribution is 2.11. The monoisotopic (exact) mass is 304 g/mol. The number of carbonyl (C=O) groups is 1. The summed E-state index contributed by atoms with van der Waals surface area (Å²) in [6.07, 6.45) is 3.62. The van der Waals surface area contributed by atoms with Crippen LogP contribution in [0.5, 0.6) is 0 Å². The first-order chi connectivity index (χ1) is 10.5. The molecule has 0 aromatic carbocycles. The zero-order chi connectivity index (χ0) is 16.1. The molecule has 0 fully saturated rings. The zero-order valence-corrected chi connectivity index (χ0v) is 13.2. The fraction of sp³-hybridized carbons (Fsp3) is 0.500. The molecule has 22 heavy (non-hydrogen) atoms. The molecule has 0 atom stereocenters. The van der Waals surface area contributed by atoms with Gasteiger partial charge < -0.3 is 14.7 Å². The fourth-order valence-electron chi connectivity index (χ4n) is 1.69.